The molecule has 0 aliphatic carbocycles. The fraction of sp³-hybridized carbons (Fsp3) is 0.417. The fourth-order valence-electron chi connectivity index (χ4n) is 1.72. The molecule has 102 valence electrons. The van der Waals surface area contributed by atoms with Crippen LogP contribution < -0.4 is 16.4 Å². The molecule has 2 rings (SSSR count). The van der Waals surface area contributed by atoms with Gasteiger partial charge in [0.25, 0.3) is 0 Å². The van der Waals surface area contributed by atoms with E-state index in [1.54, 1.807) is 6.20 Å². The minimum absolute atomic E-state index is 0.271. The van der Waals surface area contributed by atoms with Crippen LogP contribution in [-0.2, 0) is 6.54 Å². The number of hydrogen-bond acceptors (Lipinski definition) is 6. The quantitative estimate of drug-likeness (QED) is 0.648. The summed E-state index contributed by atoms with van der Waals surface area (Å²) in [6.07, 6.45) is 4.69. The second kappa shape index (κ2) is 6.58. The van der Waals surface area contributed by atoms with Gasteiger partial charge in [0, 0.05) is 38.1 Å². The zero-order chi connectivity index (χ0) is 13.5. The first kappa shape index (κ1) is 13.1. The predicted molar refractivity (Wildman–Crippen MR) is 75.9 cm³/mol. The van der Waals surface area contributed by atoms with Crippen LogP contribution in [0.3, 0.4) is 0 Å². The summed E-state index contributed by atoms with van der Waals surface area (Å²) >= 11 is 0. The van der Waals surface area contributed by atoms with Crippen molar-refractivity contribution in [2.24, 2.45) is 0 Å². The maximum Gasteiger partial charge on any atom is 0.223 e. The normalized spacial score (nSPS) is 10.4. The van der Waals surface area contributed by atoms with Gasteiger partial charge in [-0.25, -0.2) is 0 Å². The first-order valence-electron chi connectivity index (χ1n) is 6.37. The van der Waals surface area contributed by atoms with Crippen LogP contribution in [0.15, 0.2) is 24.5 Å². The van der Waals surface area contributed by atoms with Crippen LogP contribution in [0, 0.1) is 0 Å². The number of nitrogens with one attached hydrogen (secondary N) is 2. The summed E-state index contributed by atoms with van der Waals surface area (Å²) in [7, 11) is 0. The molecule has 0 bridgehead atoms. The lowest BCUT2D eigenvalue weighted by atomic mass is 10.4. The average molecular weight is 261 g/mol. The predicted octanol–water partition coefficient (Wildman–Crippen LogP) is 1.19. The van der Waals surface area contributed by atoms with E-state index in [1.165, 1.54) is 0 Å². The molecule has 0 spiro atoms. The highest BCUT2D eigenvalue weighted by atomic mass is 15.3. The molecule has 0 aromatic carbocycles. The average Bonchev–Trinajstić information content (AvgIpc) is 2.87. The Morgan fingerprint density at radius 1 is 1.26 bits per heavy atom. The van der Waals surface area contributed by atoms with E-state index in [4.69, 9.17) is 5.73 Å². The molecule has 0 fully saturated rings. The van der Waals surface area contributed by atoms with Gasteiger partial charge < -0.3 is 16.4 Å². The summed E-state index contributed by atoms with van der Waals surface area (Å²) in [5.74, 6) is 1.75. The van der Waals surface area contributed by atoms with Crippen molar-refractivity contribution in [1.82, 2.24) is 19.7 Å². The van der Waals surface area contributed by atoms with Crippen molar-refractivity contribution in [2.45, 2.75) is 19.9 Å². The van der Waals surface area contributed by atoms with E-state index in [1.807, 2.05) is 29.9 Å². The number of nitrogens with zero attached hydrogens (tertiary/aromatic N) is 4. The molecular formula is C12H19N7. The van der Waals surface area contributed by atoms with Gasteiger partial charge in [-0.15, -0.1) is 0 Å². The molecule has 0 radical (unpaired) electrons. The van der Waals surface area contributed by atoms with Crippen molar-refractivity contribution in [3.8, 4) is 0 Å². The molecular weight excluding hydrogens is 242 g/mol. The molecule has 19 heavy (non-hydrogen) atoms. The monoisotopic (exact) mass is 261 g/mol. The van der Waals surface area contributed by atoms with Crippen LogP contribution >= 0.6 is 0 Å². The molecule has 0 aliphatic rings. The maximum atomic E-state index is 5.65. The van der Waals surface area contributed by atoms with Gasteiger partial charge in [0.15, 0.2) is 0 Å². The summed E-state index contributed by atoms with van der Waals surface area (Å²) in [4.78, 5) is 8.24. The lowest BCUT2D eigenvalue weighted by Gasteiger charge is -2.09. The summed E-state index contributed by atoms with van der Waals surface area (Å²) < 4.78 is 1.90. The highest BCUT2D eigenvalue weighted by Crippen LogP contribution is 2.12. The van der Waals surface area contributed by atoms with Crippen LogP contribution in [0.2, 0.25) is 0 Å². The molecule has 7 nitrogen and oxygen atoms in total. The zero-order valence-electron chi connectivity index (χ0n) is 11.0. The Morgan fingerprint density at radius 2 is 2.05 bits per heavy atom. The van der Waals surface area contributed by atoms with E-state index in [0.717, 1.165) is 37.7 Å². The fourth-order valence-corrected chi connectivity index (χ4v) is 1.72. The second-order valence-electron chi connectivity index (χ2n) is 4.08. The van der Waals surface area contributed by atoms with Gasteiger partial charge in [0.2, 0.25) is 5.95 Å². The van der Waals surface area contributed by atoms with Gasteiger partial charge in [-0.2, -0.15) is 15.1 Å². The van der Waals surface area contributed by atoms with E-state index >= 15 is 0 Å². The van der Waals surface area contributed by atoms with E-state index in [0.29, 0.717) is 0 Å². The summed E-state index contributed by atoms with van der Waals surface area (Å²) in [6, 6.07) is 3.77. The molecule has 0 atom stereocenters. The lowest BCUT2D eigenvalue weighted by Crippen LogP contribution is -2.10. The van der Waals surface area contributed by atoms with Crippen molar-refractivity contribution < 1.29 is 0 Å². The SMILES string of the molecule is CCNc1cc(NCCCn2cccn2)nc(N)n1. The van der Waals surface area contributed by atoms with Crippen molar-refractivity contribution in [1.29, 1.82) is 0 Å². The Morgan fingerprint density at radius 3 is 2.74 bits per heavy atom. The van der Waals surface area contributed by atoms with Crippen LogP contribution in [0.1, 0.15) is 13.3 Å². The number of nitrogens with two attached hydrogens (primary N) is 1. The Labute approximate surface area is 112 Å². The molecule has 2 aromatic heterocycles. The standard InChI is InChI=1S/C12H19N7/c1-2-14-10-9-11(18-12(13)17-10)15-5-3-7-19-8-4-6-16-19/h4,6,8-9H,2-3,5,7H2,1H3,(H4,13,14,15,17,18). The highest BCUT2D eigenvalue weighted by Gasteiger charge is 2.01. The molecule has 7 heteroatoms. The number of aromatic nitrogens is 4. The van der Waals surface area contributed by atoms with Gasteiger partial charge in [-0.3, -0.25) is 4.68 Å². The van der Waals surface area contributed by atoms with Crippen LogP contribution in [0.4, 0.5) is 17.6 Å². The molecule has 2 aromatic rings. The van der Waals surface area contributed by atoms with Crippen molar-refractivity contribution >= 4 is 17.6 Å². The minimum atomic E-state index is 0.271. The Hall–Kier alpha value is -2.31. The van der Waals surface area contributed by atoms with Gasteiger partial charge >= 0.3 is 0 Å². The van der Waals surface area contributed by atoms with E-state index in [2.05, 4.69) is 25.7 Å². The van der Waals surface area contributed by atoms with E-state index in [-0.39, 0.29) is 5.95 Å². The Balaban J connectivity index is 1.81. The summed E-state index contributed by atoms with van der Waals surface area (Å²) in [6.45, 7) is 4.49. The number of rotatable bonds is 7. The van der Waals surface area contributed by atoms with Gasteiger partial charge in [0.1, 0.15) is 11.6 Å². The number of aryl methyl sites for hydroxylation is 1. The first-order chi connectivity index (χ1) is 9.28. The second-order valence-corrected chi connectivity index (χ2v) is 4.08. The molecule has 0 amide bonds. The van der Waals surface area contributed by atoms with Crippen LogP contribution in [0.25, 0.3) is 0 Å². The highest BCUT2D eigenvalue weighted by molar-refractivity contribution is 5.50. The topological polar surface area (TPSA) is 93.7 Å². The van der Waals surface area contributed by atoms with Gasteiger partial charge in [-0.1, -0.05) is 0 Å². The van der Waals surface area contributed by atoms with Crippen LogP contribution in [0.5, 0.6) is 0 Å². The summed E-state index contributed by atoms with van der Waals surface area (Å²) in [5.41, 5.74) is 5.65. The molecule has 0 unspecified atom stereocenters. The first-order valence-corrected chi connectivity index (χ1v) is 6.37. The smallest absolute Gasteiger partial charge is 0.223 e. The van der Waals surface area contributed by atoms with Crippen molar-refractivity contribution in [3.63, 3.8) is 0 Å². The number of nitrogen functional groups attached to an aromatic ring is 1. The third kappa shape index (κ3) is 4.13. The molecule has 4 N–H and O–H groups in total. The van der Waals surface area contributed by atoms with E-state index in [9.17, 15) is 0 Å². The minimum Gasteiger partial charge on any atom is -0.370 e. The largest absolute Gasteiger partial charge is 0.370 e. The third-order valence-corrected chi connectivity index (χ3v) is 2.53. The van der Waals surface area contributed by atoms with E-state index < -0.39 is 0 Å². The van der Waals surface area contributed by atoms with Crippen LogP contribution in [-0.4, -0.2) is 32.8 Å². The number of anilines is 3. The zero-order valence-corrected chi connectivity index (χ0v) is 11.0. The molecule has 0 aliphatic heterocycles. The molecule has 0 saturated heterocycles. The maximum absolute atomic E-state index is 5.65. The third-order valence-electron chi connectivity index (χ3n) is 2.53. The van der Waals surface area contributed by atoms with Gasteiger partial charge in [-0.05, 0) is 19.4 Å². The lowest BCUT2D eigenvalue weighted by molar-refractivity contribution is 0.591. The Bertz CT molecular complexity index is 495. The van der Waals surface area contributed by atoms with Crippen molar-refractivity contribution in [2.75, 3.05) is 29.5 Å². The Kier molecular flexibility index (Phi) is 4.54. The molecule has 0 saturated carbocycles. The number of hydrogen-bond donors (Lipinski definition) is 3. The summed E-state index contributed by atoms with van der Waals surface area (Å²) in [5, 5.41) is 10.5. The molecule has 2 heterocycles. The van der Waals surface area contributed by atoms with Crippen molar-refractivity contribution in [3.05, 3.63) is 24.5 Å². The van der Waals surface area contributed by atoms with Gasteiger partial charge in [0.05, 0.1) is 0 Å².